The predicted octanol–water partition coefficient (Wildman–Crippen LogP) is 5.04. The van der Waals surface area contributed by atoms with Crippen molar-refractivity contribution in [2.45, 2.75) is 38.8 Å². The SMILES string of the molecule is COc1ccc(CN(CCc2ccc(OC)c(OC)c2)Cc2nc(C(=O)N3CCCCC3)cs2)cc1. The molecule has 3 aromatic rings. The molecule has 2 heterocycles. The van der Waals surface area contributed by atoms with Crippen LogP contribution >= 0.6 is 11.3 Å². The minimum Gasteiger partial charge on any atom is -0.497 e. The Morgan fingerprint density at radius 3 is 2.33 bits per heavy atom. The molecule has 1 aliphatic heterocycles. The molecule has 0 aliphatic carbocycles. The monoisotopic (exact) mass is 509 g/mol. The second-order valence-corrected chi connectivity index (χ2v) is 9.92. The van der Waals surface area contributed by atoms with E-state index >= 15 is 0 Å². The molecule has 0 bridgehead atoms. The highest BCUT2D eigenvalue weighted by Gasteiger charge is 2.21. The Morgan fingerprint density at radius 2 is 1.64 bits per heavy atom. The number of thiazole rings is 1. The lowest BCUT2D eigenvalue weighted by Crippen LogP contribution is -2.35. The molecule has 0 atom stereocenters. The number of ether oxygens (including phenoxy) is 3. The van der Waals surface area contributed by atoms with Gasteiger partial charge in [-0.3, -0.25) is 9.69 Å². The number of hydrogen-bond acceptors (Lipinski definition) is 7. The molecule has 8 heteroatoms. The molecule has 1 amide bonds. The number of rotatable bonds is 11. The summed E-state index contributed by atoms with van der Waals surface area (Å²) < 4.78 is 16.2. The van der Waals surface area contributed by atoms with Gasteiger partial charge in [0, 0.05) is 31.6 Å². The molecule has 4 rings (SSSR count). The molecule has 0 saturated carbocycles. The highest BCUT2D eigenvalue weighted by molar-refractivity contribution is 7.09. The van der Waals surface area contributed by atoms with Crippen molar-refractivity contribution in [2.24, 2.45) is 0 Å². The van der Waals surface area contributed by atoms with Crippen molar-refractivity contribution in [3.8, 4) is 17.2 Å². The fourth-order valence-corrected chi connectivity index (χ4v) is 5.27. The van der Waals surface area contributed by atoms with Gasteiger partial charge in [-0.25, -0.2) is 4.98 Å². The van der Waals surface area contributed by atoms with Crippen LogP contribution in [-0.4, -0.2) is 61.7 Å². The summed E-state index contributed by atoms with van der Waals surface area (Å²) in [4.78, 5) is 21.9. The maximum atomic E-state index is 12.9. The van der Waals surface area contributed by atoms with Crippen LogP contribution in [0.3, 0.4) is 0 Å². The maximum Gasteiger partial charge on any atom is 0.273 e. The number of nitrogens with zero attached hydrogens (tertiary/aromatic N) is 3. The van der Waals surface area contributed by atoms with Gasteiger partial charge >= 0.3 is 0 Å². The Labute approximate surface area is 217 Å². The number of aromatic nitrogens is 1. The lowest BCUT2D eigenvalue weighted by molar-refractivity contribution is 0.0718. The van der Waals surface area contributed by atoms with Gasteiger partial charge in [0.05, 0.1) is 27.9 Å². The number of piperidine rings is 1. The minimum absolute atomic E-state index is 0.0595. The van der Waals surface area contributed by atoms with E-state index in [1.54, 1.807) is 32.7 Å². The third-order valence-corrected chi connectivity index (χ3v) is 7.34. The summed E-state index contributed by atoms with van der Waals surface area (Å²) in [6.45, 7) is 3.95. The van der Waals surface area contributed by atoms with Crippen molar-refractivity contribution in [1.29, 1.82) is 0 Å². The largest absolute Gasteiger partial charge is 0.497 e. The second-order valence-electron chi connectivity index (χ2n) is 8.98. The van der Waals surface area contributed by atoms with Gasteiger partial charge in [-0.15, -0.1) is 11.3 Å². The van der Waals surface area contributed by atoms with Gasteiger partial charge in [0.2, 0.25) is 0 Å². The number of likely N-dealkylation sites (tertiary alicyclic amines) is 1. The summed E-state index contributed by atoms with van der Waals surface area (Å²) in [5.74, 6) is 2.36. The first-order valence-corrected chi connectivity index (χ1v) is 13.3. The number of methoxy groups -OCH3 is 3. The molecule has 0 radical (unpaired) electrons. The van der Waals surface area contributed by atoms with Gasteiger partial charge in [-0.05, 0) is 61.1 Å². The van der Waals surface area contributed by atoms with Crippen LogP contribution in [-0.2, 0) is 19.5 Å². The van der Waals surface area contributed by atoms with Crippen LogP contribution in [0.25, 0.3) is 0 Å². The predicted molar refractivity (Wildman–Crippen MR) is 142 cm³/mol. The maximum absolute atomic E-state index is 12.9. The van der Waals surface area contributed by atoms with E-state index in [0.717, 1.165) is 67.7 Å². The first-order chi connectivity index (χ1) is 17.6. The zero-order valence-corrected chi connectivity index (χ0v) is 22.2. The van der Waals surface area contributed by atoms with Crippen LogP contribution in [0.1, 0.15) is 45.9 Å². The minimum atomic E-state index is 0.0595. The fraction of sp³-hybridized carbons (Fsp3) is 0.429. The first-order valence-electron chi connectivity index (χ1n) is 12.4. The van der Waals surface area contributed by atoms with E-state index in [1.165, 1.54) is 17.5 Å². The summed E-state index contributed by atoms with van der Waals surface area (Å²) in [5.41, 5.74) is 2.94. The average molecular weight is 510 g/mol. The van der Waals surface area contributed by atoms with E-state index in [0.29, 0.717) is 12.2 Å². The Kier molecular flexibility index (Phi) is 9.19. The van der Waals surface area contributed by atoms with Gasteiger partial charge in [0.15, 0.2) is 11.5 Å². The molecule has 1 aromatic heterocycles. The van der Waals surface area contributed by atoms with E-state index < -0.39 is 0 Å². The fourth-order valence-electron chi connectivity index (χ4n) is 4.46. The normalized spacial score (nSPS) is 13.6. The topological polar surface area (TPSA) is 64.1 Å². The van der Waals surface area contributed by atoms with Crippen LogP contribution in [0, 0.1) is 0 Å². The molecule has 1 saturated heterocycles. The highest BCUT2D eigenvalue weighted by atomic mass is 32.1. The van der Waals surface area contributed by atoms with Crippen LogP contribution in [0.2, 0.25) is 0 Å². The number of carbonyl (C=O) groups excluding carboxylic acids is 1. The van der Waals surface area contributed by atoms with E-state index in [4.69, 9.17) is 19.2 Å². The van der Waals surface area contributed by atoms with Crippen molar-refractivity contribution in [2.75, 3.05) is 41.0 Å². The molecule has 0 unspecified atom stereocenters. The molecule has 1 aliphatic rings. The molecular formula is C28H35N3O4S. The Balaban J connectivity index is 1.46. The molecule has 0 N–H and O–H groups in total. The molecule has 36 heavy (non-hydrogen) atoms. The van der Waals surface area contributed by atoms with Crippen molar-refractivity contribution >= 4 is 17.2 Å². The molecule has 192 valence electrons. The summed E-state index contributed by atoms with van der Waals surface area (Å²) in [7, 11) is 4.98. The van der Waals surface area contributed by atoms with Crippen molar-refractivity contribution in [3.05, 3.63) is 69.7 Å². The highest BCUT2D eigenvalue weighted by Crippen LogP contribution is 2.28. The third-order valence-electron chi connectivity index (χ3n) is 6.50. The van der Waals surface area contributed by atoms with Gasteiger partial charge in [0.25, 0.3) is 5.91 Å². The van der Waals surface area contributed by atoms with Gasteiger partial charge in [-0.2, -0.15) is 0 Å². The molecular weight excluding hydrogens is 474 g/mol. The number of carbonyl (C=O) groups is 1. The molecule has 0 spiro atoms. The van der Waals surface area contributed by atoms with Crippen LogP contribution in [0.5, 0.6) is 17.2 Å². The quantitative estimate of drug-likeness (QED) is 0.361. The Morgan fingerprint density at radius 1 is 0.917 bits per heavy atom. The lowest BCUT2D eigenvalue weighted by atomic mass is 10.1. The van der Waals surface area contributed by atoms with Gasteiger partial charge < -0.3 is 19.1 Å². The number of amides is 1. The van der Waals surface area contributed by atoms with Crippen LogP contribution in [0.4, 0.5) is 0 Å². The van der Waals surface area contributed by atoms with Gasteiger partial charge in [0.1, 0.15) is 16.5 Å². The van der Waals surface area contributed by atoms with Crippen molar-refractivity contribution < 1.29 is 19.0 Å². The summed E-state index contributed by atoms with van der Waals surface area (Å²) in [6.07, 6.45) is 4.21. The van der Waals surface area contributed by atoms with E-state index in [-0.39, 0.29) is 5.91 Å². The van der Waals surface area contributed by atoms with E-state index in [2.05, 4.69) is 23.1 Å². The second kappa shape index (κ2) is 12.7. The summed E-state index contributed by atoms with van der Waals surface area (Å²) >= 11 is 1.56. The summed E-state index contributed by atoms with van der Waals surface area (Å²) in [6, 6.07) is 14.2. The standard InChI is InChI=1S/C28H35N3O4S/c1-33-23-10-7-22(8-11-23)18-30(16-13-21-9-12-25(34-2)26(17-21)35-3)19-27-29-24(20-36-27)28(32)31-14-5-4-6-15-31/h7-12,17,20H,4-6,13-16,18-19H2,1-3H3. The van der Waals surface area contributed by atoms with Crippen molar-refractivity contribution in [1.82, 2.24) is 14.8 Å². The van der Waals surface area contributed by atoms with Gasteiger partial charge in [-0.1, -0.05) is 18.2 Å². The van der Waals surface area contributed by atoms with Crippen LogP contribution in [0.15, 0.2) is 47.8 Å². The Bertz CT molecular complexity index is 1130. The molecule has 2 aromatic carbocycles. The number of benzene rings is 2. The zero-order valence-electron chi connectivity index (χ0n) is 21.4. The van der Waals surface area contributed by atoms with Crippen molar-refractivity contribution in [3.63, 3.8) is 0 Å². The first kappa shape index (κ1) is 26.0. The smallest absolute Gasteiger partial charge is 0.273 e. The third kappa shape index (κ3) is 6.77. The van der Waals surface area contributed by atoms with E-state index in [1.807, 2.05) is 34.5 Å². The van der Waals surface area contributed by atoms with E-state index in [9.17, 15) is 4.79 Å². The number of hydrogen-bond donors (Lipinski definition) is 0. The molecule has 7 nitrogen and oxygen atoms in total. The zero-order chi connectivity index (χ0) is 25.3. The Hall–Kier alpha value is -3.10. The summed E-state index contributed by atoms with van der Waals surface area (Å²) in [5, 5.41) is 2.86. The van der Waals surface area contributed by atoms with Crippen LogP contribution < -0.4 is 14.2 Å². The average Bonchev–Trinajstić information content (AvgIpc) is 3.40. The lowest BCUT2D eigenvalue weighted by Gasteiger charge is -2.25. The molecule has 1 fully saturated rings.